The molecule has 6 N–H and O–H groups in total. The number of nitrogens with two attached hydrogens (primary N) is 2. The lowest BCUT2D eigenvalue weighted by atomic mass is 9.53. The molecule has 0 spiro atoms. The molecule has 0 radical (unpaired) electrons. The number of esters is 1. The summed E-state index contributed by atoms with van der Waals surface area (Å²) in [7, 11) is 0. The molecule has 10 heteroatoms. The van der Waals surface area contributed by atoms with Gasteiger partial charge in [-0.05, 0) is 152 Å². The van der Waals surface area contributed by atoms with Crippen LogP contribution in [0.4, 0.5) is 0 Å². The minimum atomic E-state index is -0.796. The van der Waals surface area contributed by atoms with Crippen molar-refractivity contribution in [2.45, 2.75) is 134 Å². The van der Waals surface area contributed by atoms with Gasteiger partial charge in [0.2, 0.25) is 5.91 Å². The molecule has 10 nitrogen and oxygen atoms in total. The second-order valence-corrected chi connectivity index (χ2v) is 16.2. The molecule has 4 fully saturated rings. The predicted molar refractivity (Wildman–Crippen MR) is 196 cm³/mol. The highest BCUT2D eigenvalue weighted by Crippen LogP contribution is 2.55. The number of hydrogen-bond acceptors (Lipinski definition) is 7. The molecular formula is C40H61N5O5. The number of nitrogens with one attached hydrogen (secondary N) is 2. The quantitative estimate of drug-likeness (QED) is 0.106. The standard InChI is InChI=1S/C40H61N5O5/c1-39(2,3)50-32-13-11-28(12-14-32)24-33(36(46)44-40-25-29-21-30(26-40)23-31(22-29)27-40)43-37(47)34-15-16-35(38(48)49-20-10-6-8-18-42)45(34)19-9-5-4-7-17-41/h11-16,29-31,33H,4-10,17-27,41-42H2,1-3H3,(H,43,47)(H,44,46)/t29?,30?,31?,33-,40?/m0/s1. The Morgan fingerprint density at radius 1 is 0.820 bits per heavy atom. The second-order valence-electron chi connectivity index (χ2n) is 16.2. The molecule has 0 unspecified atom stereocenters. The van der Waals surface area contributed by atoms with E-state index in [-0.39, 0.29) is 23.0 Å². The molecule has 2 aromatic rings. The van der Waals surface area contributed by atoms with Gasteiger partial charge in [-0.15, -0.1) is 0 Å². The third-order valence-electron chi connectivity index (χ3n) is 10.7. The van der Waals surface area contributed by atoms with Gasteiger partial charge in [0.05, 0.1) is 6.61 Å². The van der Waals surface area contributed by atoms with Crippen LogP contribution in [0.2, 0.25) is 0 Å². The fourth-order valence-electron chi connectivity index (χ4n) is 8.85. The van der Waals surface area contributed by atoms with Crippen molar-refractivity contribution < 1.29 is 23.9 Å². The number of unbranched alkanes of at least 4 members (excludes halogenated alkanes) is 5. The van der Waals surface area contributed by atoms with Gasteiger partial charge in [-0.2, -0.15) is 0 Å². The van der Waals surface area contributed by atoms with Crippen molar-refractivity contribution in [3.63, 3.8) is 0 Å². The Bertz CT molecular complexity index is 1390. The molecular weight excluding hydrogens is 630 g/mol. The zero-order chi connectivity index (χ0) is 35.7. The molecule has 4 saturated carbocycles. The molecule has 0 aliphatic heterocycles. The van der Waals surface area contributed by atoms with Crippen LogP contribution >= 0.6 is 0 Å². The summed E-state index contributed by atoms with van der Waals surface area (Å²) < 4.78 is 13.4. The molecule has 1 heterocycles. The van der Waals surface area contributed by atoms with Crippen molar-refractivity contribution in [1.82, 2.24) is 15.2 Å². The highest BCUT2D eigenvalue weighted by Gasteiger charge is 2.52. The normalized spacial score (nSPS) is 23.0. The van der Waals surface area contributed by atoms with Gasteiger partial charge in [0.25, 0.3) is 5.91 Å². The molecule has 0 saturated heterocycles. The van der Waals surface area contributed by atoms with Gasteiger partial charge in [-0.25, -0.2) is 4.79 Å². The summed E-state index contributed by atoms with van der Waals surface area (Å²) in [5.41, 5.74) is 12.4. The van der Waals surface area contributed by atoms with E-state index in [1.54, 1.807) is 16.7 Å². The van der Waals surface area contributed by atoms with Crippen LogP contribution in [-0.2, 0) is 22.5 Å². The molecule has 6 rings (SSSR count). The minimum absolute atomic E-state index is 0.146. The van der Waals surface area contributed by atoms with Crippen LogP contribution in [-0.4, -0.2) is 59.2 Å². The summed E-state index contributed by atoms with van der Waals surface area (Å²) in [5, 5.41) is 6.60. The number of amides is 2. The Hall–Kier alpha value is -3.37. The number of ether oxygens (including phenoxy) is 2. The molecule has 1 aromatic heterocycles. The average molecular weight is 692 g/mol. The first-order chi connectivity index (χ1) is 24.0. The van der Waals surface area contributed by atoms with Crippen molar-refractivity contribution in [2.24, 2.45) is 29.2 Å². The summed E-state index contributed by atoms with van der Waals surface area (Å²) in [5.74, 6) is 1.81. The molecule has 4 aliphatic rings. The van der Waals surface area contributed by atoms with Gasteiger partial charge in [0.1, 0.15) is 28.8 Å². The van der Waals surface area contributed by atoms with E-state index in [0.717, 1.165) is 75.5 Å². The van der Waals surface area contributed by atoms with E-state index >= 15 is 0 Å². The van der Waals surface area contributed by atoms with Crippen LogP contribution < -0.4 is 26.8 Å². The lowest BCUT2D eigenvalue weighted by molar-refractivity contribution is -0.128. The molecule has 50 heavy (non-hydrogen) atoms. The fourth-order valence-corrected chi connectivity index (χ4v) is 8.85. The van der Waals surface area contributed by atoms with Crippen molar-refractivity contribution in [3.05, 3.63) is 53.3 Å². The van der Waals surface area contributed by atoms with Gasteiger partial charge in [0, 0.05) is 18.5 Å². The number of nitrogens with zero attached hydrogens (tertiary/aromatic N) is 1. The van der Waals surface area contributed by atoms with E-state index in [2.05, 4.69) is 10.6 Å². The average Bonchev–Trinajstić information content (AvgIpc) is 3.47. The molecule has 2 amide bonds. The predicted octanol–water partition coefficient (Wildman–Crippen LogP) is 5.90. The molecule has 4 aliphatic carbocycles. The van der Waals surface area contributed by atoms with Crippen LogP contribution in [0.25, 0.3) is 0 Å². The highest BCUT2D eigenvalue weighted by molar-refractivity contribution is 5.99. The second kappa shape index (κ2) is 17.2. The smallest absolute Gasteiger partial charge is 0.354 e. The first-order valence-electron chi connectivity index (χ1n) is 19.1. The maximum atomic E-state index is 14.3. The SMILES string of the molecule is CC(C)(C)Oc1ccc(C[C@H](NC(=O)c2ccc(C(=O)OCCCCCN)n2CCCCCCN)C(=O)NC23CC4CC(CC(C4)C2)C3)cc1. The Morgan fingerprint density at radius 3 is 2.00 bits per heavy atom. The summed E-state index contributed by atoms with van der Waals surface area (Å²) in [6.07, 6.45) is 13.4. The Balaban J connectivity index is 1.35. The van der Waals surface area contributed by atoms with Crippen molar-refractivity contribution in [2.75, 3.05) is 19.7 Å². The number of carbonyl (C=O) groups is 3. The number of aromatic nitrogens is 1. The van der Waals surface area contributed by atoms with Crippen LogP contribution in [0, 0.1) is 17.8 Å². The first-order valence-corrected chi connectivity index (χ1v) is 19.1. The van der Waals surface area contributed by atoms with Gasteiger partial charge in [-0.1, -0.05) is 25.0 Å². The maximum Gasteiger partial charge on any atom is 0.354 e. The molecule has 1 aromatic carbocycles. The van der Waals surface area contributed by atoms with Crippen LogP contribution in [0.3, 0.4) is 0 Å². The number of rotatable bonds is 19. The van der Waals surface area contributed by atoms with Gasteiger partial charge >= 0.3 is 5.97 Å². The van der Waals surface area contributed by atoms with Crippen molar-refractivity contribution >= 4 is 17.8 Å². The van der Waals surface area contributed by atoms with E-state index in [1.807, 2.05) is 45.0 Å². The van der Waals surface area contributed by atoms with Crippen molar-refractivity contribution in [1.29, 1.82) is 0 Å². The van der Waals surface area contributed by atoms with E-state index < -0.39 is 12.0 Å². The van der Waals surface area contributed by atoms with E-state index in [0.29, 0.717) is 61.8 Å². The maximum absolute atomic E-state index is 14.3. The molecule has 1 atom stereocenters. The molecule has 276 valence electrons. The van der Waals surface area contributed by atoms with E-state index in [4.69, 9.17) is 20.9 Å². The van der Waals surface area contributed by atoms with E-state index in [9.17, 15) is 14.4 Å². The lowest BCUT2D eigenvalue weighted by Gasteiger charge is -2.57. The molecule has 4 bridgehead atoms. The zero-order valence-corrected chi connectivity index (χ0v) is 30.6. The van der Waals surface area contributed by atoms with E-state index in [1.165, 1.54) is 19.3 Å². The highest BCUT2D eigenvalue weighted by atomic mass is 16.5. The number of benzene rings is 1. The Labute approximate surface area is 298 Å². The number of hydrogen-bond donors (Lipinski definition) is 4. The minimum Gasteiger partial charge on any atom is -0.488 e. The van der Waals surface area contributed by atoms with Crippen LogP contribution in [0.15, 0.2) is 36.4 Å². The van der Waals surface area contributed by atoms with Crippen molar-refractivity contribution in [3.8, 4) is 5.75 Å². The Kier molecular flexibility index (Phi) is 13.1. The van der Waals surface area contributed by atoms with Gasteiger partial charge in [-0.3, -0.25) is 9.59 Å². The van der Waals surface area contributed by atoms with Gasteiger partial charge < -0.3 is 36.1 Å². The van der Waals surface area contributed by atoms with Gasteiger partial charge in [0.15, 0.2) is 0 Å². The summed E-state index contributed by atoms with van der Waals surface area (Å²) in [6, 6.07) is 10.3. The fraction of sp³-hybridized carbons (Fsp3) is 0.675. The topological polar surface area (TPSA) is 151 Å². The van der Waals surface area contributed by atoms with Crippen LogP contribution in [0.5, 0.6) is 5.75 Å². The zero-order valence-electron chi connectivity index (χ0n) is 30.6. The third-order valence-corrected chi connectivity index (χ3v) is 10.7. The third kappa shape index (κ3) is 10.3. The number of carbonyl (C=O) groups excluding carboxylic acids is 3. The summed E-state index contributed by atoms with van der Waals surface area (Å²) >= 11 is 0. The monoisotopic (exact) mass is 691 g/mol. The summed E-state index contributed by atoms with van der Waals surface area (Å²) in [6.45, 7) is 8.05. The Morgan fingerprint density at radius 2 is 1.40 bits per heavy atom. The summed E-state index contributed by atoms with van der Waals surface area (Å²) in [4.78, 5) is 41.6. The lowest BCUT2D eigenvalue weighted by Crippen LogP contribution is -2.63. The first kappa shape index (κ1) is 37.9. The largest absolute Gasteiger partial charge is 0.488 e. The van der Waals surface area contributed by atoms with Crippen LogP contribution in [0.1, 0.15) is 131 Å².